The lowest BCUT2D eigenvalue weighted by Gasteiger charge is -2.17. The summed E-state index contributed by atoms with van der Waals surface area (Å²) in [6, 6.07) is 0. The molecule has 2 heterocycles. The number of aromatic nitrogens is 2. The number of carbonyl (C=O) groups excluding carboxylic acids is 1. The molecule has 7 heteroatoms. The molecule has 1 amide bonds. The SMILES string of the molecule is NC(=O)C1CCN(c2nc(N)ncc2Cl)C1. The second kappa shape index (κ2) is 4.13. The van der Waals surface area contributed by atoms with Crippen LogP contribution in [0.15, 0.2) is 6.20 Å². The maximum atomic E-state index is 11.0. The number of carbonyl (C=O) groups is 1. The van der Waals surface area contributed by atoms with Crippen LogP contribution in [0.4, 0.5) is 11.8 Å². The topological polar surface area (TPSA) is 98.1 Å². The van der Waals surface area contributed by atoms with Crippen molar-refractivity contribution in [2.45, 2.75) is 6.42 Å². The monoisotopic (exact) mass is 241 g/mol. The summed E-state index contributed by atoms with van der Waals surface area (Å²) in [4.78, 5) is 20.8. The highest BCUT2D eigenvalue weighted by molar-refractivity contribution is 6.32. The number of hydrogen-bond acceptors (Lipinski definition) is 5. The molecule has 0 spiro atoms. The summed E-state index contributed by atoms with van der Waals surface area (Å²) >= 11 is 5.97. The lowest BCUT2D eigenvalue weighted by molar-refractivity contribution is -0.121. The van der Waals surface area contributed by atoms with E-state index in [2.05, 4.69) is 9.97 Å². The number of halogens is 1. The Labute approximate surface area is 97.6 Å². The molecule has 1 aliphatic heterocycles. The number of nitrogens with zero attached hydrogens (tertiary/aromatic N) is 3. The van der Waals surface area contributed by atoms with E-state index in [-0.39, 0.29) is 17.8 Å². The second-order valence-corrected chi connectivity index (χ2v) is 4.14. The van der Waals surface area contributed by atoms with Crippen molar-refractivity contribution in [1.82, 2.24) is 9.97 Å². The highest BCUT2D eigenvalue weighted by Gasteiger charge is 2.28. The molecule has 1 atom stereocenters. The Kier molecular flexibility index (Phi) is 2.82. The van der Waals surface area contributed by atoms with Gasteiger partial charge < -0.3 is 16.4 Å². The van der Waals surface area contributed by atoms with E-state index in [9.17, 15) is 4.79 Å². The Balaban J connectivity index is 2.20. The third-order valence-corrected chi connectivity index (χ3v) is 2.90. The summed E-state index contributed by atoms with van der Waals surface area (Å²) in [6.07, 6.45) is 2.17. The van der Waals surface area contributed by atoms with E-state index >= 15 is 0 Å². The maximum Gasteiger partial charge on any atom is 0.222 e. The lowest BCUT2D eigenvalue weighted by Crippen LogP contribution is -2.28. The molecule has 0 saturated carbocycles. The van der Waals surface area contributed by atoms with Crippen molar-refractivity contribution in [2.24, 2.45) is 11.7 Å². The van der Waals surface area contributed by atoms with Gasteiger partial charge in [0.1, 0.15) is 5.02 Å². The molecule has 0 aliphatic carbocycles. The van der Waals surface area contributed by atoms with Gasteiger partial charge in [0.2, 0.25) is 11.9 Å². The van der Waals surface area contributed by atoms with Crippen LogP contribution in [-0.4, -0.2) is 29.0 Å². The Hall–Kier alpha value is -1.56. The molecule has 1 aromatic rings. The van der Waals surface area contributed by atoms with Crippen molar-refractivity contribution < 1.29 is 4.79 Å². The van der Waals surface area contributed by atoms with Gasteiger partial charge in [-0.3, -0.25) is 4.79 Å². The number of anilines is 2. The summed E-state index contributed by atoms with van der Waals surface area (Å²) in [7, 11) is 0. The molecule has 2 rings (SSSR count). The van der Waals surface area contributed by atoms with Gasteiger partial charge in [-0.15, -0.1) is 0 Å². The molecule has 1 aliphatic rings. The first-order valence-corrected chi connectivity index (χ1v) is 5.28. The number of nitrogen functional groups attached to an aromatic ring is 1. The summed E-state index contributed by atoms with van der Waals surface area (Å²) in [5.41, 5.74) is 10.7. The molecule has 0 bridgehead atoms. The van der Waals surface area contributed by atoms with E-state index in [0.717, 1.165) is 6.42 Å². The number of rotatable bonds is 2. The standard InChI is InChI=1S/C9H12ClN5O/c10-6-3-13-9(12)14-8(6)15-2-1-5(4-15)7(11)16/h3,5H,1-2,4H2,(H2,11,16)(H2,12,13,14). The average Bonchev–Trinajstić information content (AvgIpc) is 2.70. The van der Waals surface area contributed by atoms with Gasteiger partial charge in [-0.25, -0.2) is 4.98 Å². The van der Waals surface area contributed by atoms with Crippen LogP contribution >= 0.6 is 11.6 Å². The number of hydrogen-bond donors (Lipinski definition) is 2. The predicted molar refractivity (Wildman–Crippen MR) is 61.0 cm³/mol. The number of primary amides is 1. The van der Waals surface area contributed by atoms with Crippen LogP contribution in [-0.2, 0) is 4.79 Å². The van der Waals surface area contributed by atoms with Crippen LogP contribution in [0.3, 0.4) is 0 Å². The van der Waals surface area contributed by atoms with E-state index in [1.54, 1.807) is 0 Å². The van der Waals surface area contributed by atoms with E-state index in [0.29, 0.717) is 23.9 Å². The van der Waals surface area contributed by atoms with Gasteiger partial charge in [0.25, 0.3) is 0 Å². The summed E-state index contributed by atoms with van der Waals surface area (Å²) < 4.78 is 0. The van der Waals surface area contributed by atoms with Crippen molar-refractivity contribution >= 4 is 29.3 Å². The molecule has 0 aromatic carbocycles. The van der Waals surface area contributed by atoms with Crippen molar-refractivity contribution in [3.8, 4) is 0 Å². The minimum absolute atomic E-state index is 0.146. The first-order valence-electron chi connectivity index (χ1n) is 4.90. The van der Waals surface area contributed by atoms with E-state index in [4.69, 9.17) is 23.1 Å². The summed E-state index contributed by atoms with van der Waals surface area (Å²) in [5, 5.41) is 0.430. The first kappa shape index (κ1) is 10.9. The molecule has 1 unspecified atom stereocenters. The fourth-order valence-electron chi connectivity index (χ4n) is 1.78. The molecule has 6 nitrogen and oxygen atoms in total. The molecule has 4 N–H and O–H groups in total. The maximum absolute atomic E-state index is 11.0. The van der Waals surface area contributed by atoms with E-state index < -0.39 is 0 Å². The van der Waals surface area contributed by atoms with Gasteiger partial charge in [-0.1, -0.05) is 11.6 Å². The Morgan fingerprint density at radius 1 is 1.62 bits per heavy atom. The third kappa shape index (κ3) is 2.01. The minimum Gasteiger partial charge on any atom is -0.369 e. The molecule has 1 saturated heterocycles. The second-order valence-electron chi connectivity index (χ2n) is 3.73. The van der Waals surface area contributed by atoms with Gasteiger partial charge in [0.05, 0.1) is 12.1 Å². The fraction of sp³-hybridized carbons (Fsp3) is 0.444. The quantitative estimate of drug-likeness (QED) is 0.761. The number of nitrogens with two attached hydrogens (primary N) is 2. The summed E-state index contributed by atoms with van der Waals surface area (Å²) in [5.74, 6) is 0.299. The highest BCUT2D eigenvalue weighted by Crippen LogP contribution is 2.28. The average molecular weight is 242 g/mol. The van der Waals surface area contributed by atoms with Crippen molar-refractivity contribution in [3.05, 3.63) is 11.2 Å². The molecule has 16 heavy (non-hydrogen) atoms. The normalized spacial score (nSPS) is 20.1. The van der Waals surface area contributed by atoms with Crippen LogP contribution in [0.25, 0.3) is 0 Å². The zero-order valence-corrected chi connectivity index (χ0v) is 9.31. The highest BCUT2D eigenvalue weighted by atomic mass is 35.5. The van der Waals surface area contributed by atoms with Crippen LogP contribution in [0.2, 0.25) is 5.02 Å². The van der Waals surface area contributed by atoms with Crippen LogP contribution in [0.1, 0.15) is 6.42 Å². The fourth-order valence-corrected chi connectivity index (χ4v) is 1.99. The van der Waals surface area contributed by atoms with Crippen molar-refractivity contribution in [3.63, 3.8) is 0 Å². The largest absolute Gasteiger partial charge is 0.369 e. The lowest BCUT2D eigenvalue weighted by atomic mass is 10.1. The van der Waals surface area contributed by atoms with Gasteiger partial charge in [-0.2, -0.15) is 4.98 Å². The molecule has 1 fully saturated rings. The zero-order valence-electron chi connectivity index (χ0n) is 8.56. The zero-order chi connectivity index (χ0) is 11.7. The van der Waals surface area contributed by atoms with Crippen molar-refractivity contribution in [1.29, 1.82) is 0 Å². The minimum atomic E-state index is -0.291. The predicted octanol–water partition coefficient (Wildman–Crippen LogP) is 0.0238. The van der Waals surface area contributed by atoms with E-state index in [1.165, 1.54) is 6.20 Å². The van der Waals surface area contributed by atoms with Crippen LogP contribution in [0.5, 0.6) is 0 Å². The Morgan fingerprint density at radius 3 is 3.00 bits per heavy atom. The van der Waals surface area contributed by atoms with Crippen LogP contribution < -0.4 is 16.4 Å². The number of amides is 1. The van der Waals surface area contributed by atoms with Crippen molar-refractivity contribution in [2.75, 3.05) is 23.7 Å². The third-order valence-electron chi connectivity index (χ3n) is 2.63. The first-order chi connectivity index (χ1) is 7.58. The van der Waals surface area contributed by atoms with Gasteiger partial charge in [0, 0.05) is 13.1 Å². The Morgan fingerprint density at radius 2 is 2.38 bits per heavy atom. The van der Waals surface area contributed by atoms with Gasteiger partial charge in [-0.05, 0) is 6.42 Å². The molecule has 86 valence electrons. The Bertz CT molecular complexity index is 424. The smallest absolute Gasteiger partial charge is 0.222 e. The van der Waals surface area contributed by atoms with Gasteiger partial charge in [0.15, 0.2) is 5.82 Å². The van der Waals surface area contributed by atoms with Gasteiger partial charge >= 0.3 is 0 Å². The molecular weight excluding hydrogens is 230 g/mol. The molecule has 0 radical (unpaired) electrons. The van der Waals surface area contributed by atoms with E-state index in [1.807, 2.05) is 4.90 Å². The molecule has 1 aromatic heterocycles. The summed E-state index contributed by atoms with van der Waals surface area (Å²) in [6.45, 7) is 1.23. The van der Waals surface area contributed by atoms with Crippen LogP contribution in [0, 0.1) is 5.92 Å². The molecular formula is C9H12ClN5O.